The SMILES string of the molecule is CCCCN(C)C(=O)c1ccc(/C=C/C(=O)O)s1. The number of amides is 1. The first kappa shape index (κ1) is 14.4. The monoisotopic (exact) mass is 267 g/mol. The number of unbranched alkanes of at least 4 members (excludes halogenated alkanes) is 1. The van der Waals surface area contributed by atoms with Crippen LogP contribution in [0.2, 0.25) is 0 Å². The summed E-state index contributed by atoms with van der Waals surface area (Å²) in [7, 11) is 1.78. The van der Waals surface area contributed by atoms with E-state index in [2.05, 4.69) is 6.92 Å². The Morgan fingerprint density at radius 1 is 1.44 bits per heavy atom. The molecule has 0 aliphatic rings. The lowest BCUT2D eigenvalue weighted by Crippen LogP contribution is -2.26. The van der Waals surface area contributed by atoms with E-state index < -0.39 is 5.97 Å². The van der Waals surface area contributed by atoms with Gasteiger partial charge in [0.05, 0.1) is 4.88 Å². The number of nitrogens with zero attached hydrogens (tertiary/aromatic N) is 1. The molecule has 0 aliphatic heterocycles. The molecule has 0 saturated carbocycles. The zero-order valence-corrected chi connectivity index (χ0v) is 11.4. The van der Waals surface area contributed by atoms with Gasteiger partial charge in [0.25, 0.3) is 5.91 Å². The fourth-order valence-corrected chi connectivity index (χ4v) is 2.30. The number of thiophene rings is 1. The highest BCUT2D eigenvalue weighted by Gasteiger charge is 2.12. The van der Waals surface area contributed by atoms with Crippen molar-refractivity contribution in [3.8, 4) is 0 Å². The van der Waals surface area contributed by atoms with E-state index in [1.165, 1.54) is 17.4 Å². The second kappa shape index (κ2) is 6.96. The van der Waals surface area contributed by atoms with Crippen molar-refractivity contribution < 1.29 is 14.7 Å². The predicted molar refractivity (Wildman–Crippen MR) is 72.9 cm³/mol. The highest BCUT2D eigenvalue weighted by molar-refractivity contribution is 7.14. The van der Waals surface area contributed by atoms with Crippen LogP contribution in [-0.4, -0.2) is 35.5 Å². The van der Waals surface area contributed by atoms with Crippen LogP contribution in [0.3, 0.4) is 0 Å². The molecule has 0 bridgehead atoms. The fourth-order valence-electron chi connectivity index (χ4n) is 1.40. The van der Waals surface area contributed by atoms with Crippen LogP contribution in [0.25, 0.3) is 6.08 Å². The number of aliphatic carboxylic acids is 1. The number of hydrogen-bond donors (Lipinski definition) is 1. The van der Waals surface area contributed by atoms with Gasteiger partial charge in [-0.3, -0.25) is 4.79 Å². The average molecular weight is 267 g/mol. The summed E-state index contributed by atoms with van der Waals surface area (Å²) in [6.07, 6.45) is 4.60. The van der Waals surface area contributed by atoms with Crippen LogP contribution in [0.15, 0.2) is 18.2 Å². The Labute approximate surface area is 111 Å². The van der Waals surface area contributed by atoms with E-state index >= 15 is 0 Å². The van der Waals surface area contributed by atoms with E-state index in [0.717, 1.165) is 30.3 Å². The Hall–Kier alpha value is -1.62. The second-order valence-electron chi connectivity index (χ2n) is 3.95. The summed E-state index contributed by atoms with van der Waals surface area (Å²) in [5, 5.41) is 8.52. The summed E-state index contributed by atoms with van der Waals surface area (Å²) in [6.45, 7) is 2.83. The van der Waals surface area contributed by atoms with E-state index in [9.17, 15) is 9.59 Å². The van der Waals surface area contributed by atoms with Crippen LogP contribution < -0.4 is 0 Å². The standard InChI is InChI=1S/C13H17NO3S/c1-3-4-9-14(2)13(17)11-7-5-10(18-11)6-8-12(15)16/h5-8H,3-4,9H2,1-2H3,(H,15,16)/b8-6+. The minimum Gasteiger partial charge on any atom is -0.478 e. The molecule has 4 nitrogen and oxygen atoms in total. The molecular formula is C13H17NO3S. The first-order valence-electron chi connectivity index (χ1n) is 5.81. The van der Waals surface area contributed by atoms with Crippen molar-refractivity contribution in [1.82, 2.24) is 4.90 Å². The quantitative estimate of drug-likeness (QED) is 0.806. The molecule has 0 radical (unpaired) electrons. The molecule has 0 aliphatic carbocycles. The average Bonchev–Trinajstić information content (AvgIpc) is 2.81. The van der Waals surface area contributed by atoms with Gasteiger partial charge in [-0.15, -0.1) is 11.3 Å². The van der Waals surface area contributed by atoms with Crippen LogP contribution in [0, 0.1) is 0 Å². The minimum absolute atomic E-state index is 0.0107. The van der Waals surface area contributed by atoms with Gasteiger partial charge in [0.2, 0.25) is 0 Å². The number of carbonyl (C=O) groups excluding carboxylic acids is 1. The maximum atomic E-state index is 12.0. The molecule has 98 valence electrons. The summed E-state index contributed by atoms with van der Waals surface area (Å²) < 4.78 is 0. The summed E-state index contributed by atoms with van der Waals surface area (Å²) in [4.78, 5) is 25.5. The van der Waals surface area contributed by atoms with Crippen molar-refractivity contribution in [2.45, 2.75) is 19.8 Å². The highest BCUT2D eigenvalue weighted by atomic mass is 32.1. The molecule has 1 N–H and O–H groups in total. The van der Waals surface area contributed by atoms with Gasteiger partial charge < -0.3 is 10.0 Å². The summed E-state index contributed by atoms with van der Waals surface area (Å²) in [5.41, 5.74) is 0. The third-order valence-electron chi connectivity index (χ3n) is 2.42. The molecule has 0 spiro atoms. The lowest BCUT2D eigenvalue weighted by Gasteiger charge is -2.15. The molecule has 0 fully saturated rings. The molecule has 0 atom stereocenters. The van der Waals surface area contributed by atoms with Crippen LogP contribution in [0.4, 0.5) is 0 Å². The zero-order valence-electron chi connectivity index (χ0n) is 10.5. The first-order valence-corrected chi connectivity index (χ1v) is 6.62. The first-order chi connectivity index (χ1) is 8.54. The van der Waals surface area contributed by atoms with Crippen LogP contribution >= 0.6 is 11.3 Å². The number of hydrogen-bond acceptors (Lipinski definition) is 3. The van der Waals surface area contributed by atoms with Gasteiger partial charge in [-0.25, -0.2) is 4.79 Å². The predicted octanol–water partition coefficient (Wildman–Crippen LogP) is 2.72. The highest BCUT2D eigenvalue weighted by Crippen LogP contribution is 2.19. The summed E-state index contributed by atoms with van der Waals surface area (Å²) in [6, 6.07) is 3.49. The van der Waals surface area contributed by atoms with Crippen molar-refractivity contribution in [2.24, 2.45) is 0 Å². The fraction of sp³-hybridized carbons (Fsp3) is 0.385. The third kappa shape index (κ3) is 4.33. The van der Waals surface area contributed by atoms with E-state index in [1.807, 2.05) is 0 Å². The Morgan fingerprint density at radius 3 is 2.78 bits per heavy atom. The molecule has 0 aromatic carbocycles. The van der Waals surface area contributed by atoms with E-state index in [-0.39, 0.29) is 5.91 Å². The molecule has 18 heavy (non-hydrogen) atoms. The number of rotatable bonds is 6. The van der Waals surface area contributed by atoms with Crippen LogP contribution in [-0.2, 0) is 4.79 Å². The Bertz CT molecular complexity index is 451. The van der Waals surface area contributed by atoms with E-state index in [0.29, 0.717) is 4.88 Å². The van der Waals surface area contributed by atoms with Gasteiger partial charge in [-0.05, 0) is 24.6 Å². The molecule has 5 heteroatoms. The molecule has 1 heterocycles. The molecule has 1 aromatic heterocycles. The Morgan fingerprint density at radius 2 is 2.17 bits per heavy atom. The third-order valence-corrected chi connectivity index (χ3v) is 3.46. The lowest BCUT2D eigenvalue weighted by molar-refractivity contribution is -0.131. The van der Waals surface area contributed by atoms with Crippen LogP contribution in [0.5, 0.6) is 0 Å². The van der Waals surface area contributed by atoms with Gasteiger partial charge in [0.1, 0.15) is 0 Å². The molecular weight excluding hydrogens is 250 g/mol. The molecule has 1 rings (SSSR count). The molecule has 1 aromatic rings. The normalized spacial score (nSPS) is 10.8. The van der Waals surface area contributed by atoms with Crippen LogP contribution in [0.1, 0.15) is 34.3 Å². The van der Waals surface area contributed by atoms with Crippen molar-refractivity contribution >= 4 is 29.3 Å². The second-order valence-corrected chi connectivity index (χ2v) is 5.07. The topological polar surface area (TPSA) is 57.6 Å². The smallest absolute Gasteiger partial charge is 0.328 e. The number of carboxylic acids is 1. The lowest BCUT2D eigenvalue weighted by atomic mass is 10.3. The van der Waals surface area contributed by atoms with E-state index in [1.54, 1.807) is 24.1 Å². The maximum absolute atomic E-state index is 12.0. The minimum atomic E-state index is -0.989. The van der Waals surface area contributed by atoms with Gasteiger partial charge >= 0.3 is 5.97 Å². The van der Waals surface area contributed by atoms with Crippen molar-refractivity contribution in [3.63, 3.8) is 0 Å². The summed E-state index contributed by atoms with van der Waals surface area (Å²) in [5.74, 6) is -1.00. The molecule has 0 unspecified atom stereocenters. The molecule has 1 amide bonds. The molecule has 0 saturated heterocycles. The number of carbonyl (C=O) groups is 2. The largest absolute Gasteiger partial charge is 0.478 e. The van der Waals surface area contributed by atoms with E-state index in [4.69, 9.17) is 5.11 Å². The van der Waals surface area contributed by atoms with Gasteiger partial charge in [0.15, 0.2) is 0 Å². The van der Waals surface area contributed by atoms with Crippen molar-refractivity contribution in [2.75, 3.05) is 13.6 Å². The van der Waals surface area contributed by atoms with Gasteiger partial charge in [-0.1, -0.05) is 13.3 Å². The Kier molecular flexibility index (Phi) is 5.58. The zero-order chi connectivity index (χ0) is 13.5. The van der Waals surface area contributed by atoms with Crippen molar-refractivity contribution in [1.29, 1.82) is 0 Å². The number of carboxylic acid groups (broad SMARTS) is 1. The Balaban J connectivity index is 2.67. The summed E-state index contributed by atoms with van der Waals surface area (Å²) >= 11 is 1.30. The van der Waals surface area contributed by atoms with Gasteiger partial charge in [-0.2, -0.15) is 0 Å². The maximum Gasteiger partial charge on any atom is 0.328 e. The van der Waals surface area contributed by atoms with Gasteiger partial charge in [0, 0.05) is 24.5 Å². The van der Waals surface area contributed by atoms with Crippen molar-refractivity contribution in [3.05, 3.63) is 28.0 Å².